The van der Waals surface area contributed by atoms with Gasteiger partial charge in [-0.25, -0.2) is 23.2 Å². The van der Waals surface area contributed by atoms with E-state index < -0.39 is 30.7 Å². The third-order valence-corrected chi connectivity index (χ3v) is 5.27. The van der Waals surface area contributed by atoms with Crippen molar-refractivity contribution in [3.8, 4) is 11.5 Å². The van der Waals surface area contributed by atoms with E-state index in [2.05, 4.69) is 4.74 Å². The fourth-order valence-electron chi connectivity index (χ4n) is 3.30. The summed E-state index contributed by atoms with van der Waals surface area (Å²) in [6.45, 7) is 0.271. The van der Waals surface area contributed by atoms with Crippen LogP contribution >= 0.6 is 0 Å². The van der Waals surface area contributed by atoms with Gasteiger partial charge in [-0.3, -0.25) is 0 Å². The maximum atomic E-state index is 13.0. The van der Waals surface area contributed by atoms with E-state index >= 15 is 0 Å². The van der Waals surface area contributed by atoms with E-state index in [1.165, 1.54) is 66.7 Å². The molecule has 3 aromatic rings. The first-order chi connectivity index (χ1) is 19.6. The van der Waals surface area contributed by atoms with Crippen LogP contribution in [0.15, 0.2) is 72.8 Å². The molecule has 0 radical (unpaired) electrons. The lowest BCUT2D eigenvalue weighted by Crippen LogP contribution is -2.19. The number of alkyl halides is 3. The van der Waals surface area contributed by atoms with E-state index in [0.29, 0.717) is 29.8 Å². The minimum Gasteiger partial charge on any atom is -0.463 e. The first-order valence-corrected chi connectivity index (χ1v) is 12.3. The molecule has 216 valence electrons. The number of ether oxygens (including phenoxy) is 4. The Morgan fingerprint density at radius 1 is 0.732 bits per heavy atom. The number of rotatable bonds is 13. The molecule has 12 heteroatoms. The largest absolute Gasteiger partial charge is 0.463 e. The molecule has 0 saturated heterocycles. The van der Waals surface area contributed by atoms with Crippen LogP contribution in [-0.4, -0.2) is 43.9 Å². The summed E-state index contributed by atoms with van der Waals surface area (Å²) in [7, 11) is 0. The number of hydrogen-bond acceptors (Lipinski definition) is 9. The Kier molecular flexibility index (Phi) is 11.1. The number of hydrogen-bond donors (Lipinski definition) is 2. The van der Waals surface area contributed by atoms with E-state index in [1.807, 2.05) is 0 Å². The molecule has 1 unspecified atom stereocenters. The van der Waals surface area contributed by atoms with Gasteiger partial charge in [-0.1, -0.05) is 12.1 Å². The van der Waals surface area contributed by atoms with E-state index in [-0.39, 0.29) is 35.8 Å². The molecule has 9 nitrogen and oxygen atoms in total. The number of esters is 3. The summed E-state index contributed by atoms with van der Waals surface area (Å²) in [4.78, 5) is 36.2. The number of carbonyl (C=O) groups is 3. The maximum Gasteiger partial charge on any atom is 0.343 e. The highest BCUT2D eigenvalue weighted by Crippen LogP contribution is 2.20. The summed E-state index contributed by atoms with van der Waals surface area (Å²) in [5.41, 5.74) is 13.0. The molecule has 0 saturated carbocycles. The van der Waals surface area contributed by atoms with E-state index in [0.717, 1.165) is 0 Å². The van der Waals surface area contributed by atoms with Crippen molar-refractivity contribution in [1.29, 1.82) is 0 Å². The molecule has 3 rings (SSSR count). The van der Waals surface area contributed by atoms with Crippen LogP contribution in [0.2, 0.25) is 0 Å². The van der Waals surface area contributed by atoms with Gasteiger partial charge in [0.25, 0.3) is 6.36 Å². The standard InChI is InChI=1S/C29H27F3N2O7/c30-26(31)27(32)40-23-10-6-19(7-11-23)29(37)41-24-8-3-18(4-9-24)5-12-25(35)38-13-1-2-14-39-28(36)20-15-21(33)17-22(34)16-20/h3-12,15-17,26-27H,1-2,13-14,33-34H2. The molecule has 0 aliphatic heterocycles. The van der Waals surface area contributed by atoms with Crippen molar-refractivity contribution in [2.24, 2.45) is 0 Å². The van der Waals surface area contributed by atoms with Crippen molar-refractivity contribution in [3.63, 3.8) is 0 Å². The summed E-state index contributed by atoms with van der Waals surface area (Å²) in [6, 6.07) is 15.6. The molecule has 0 aliphatic carbocycles. The maximum absolute atomic E-state index is 13.0. The van der Waals surface area contributed by atoms with Gasteiger partial charge in [-0.05, 0) is 79.1 Å². The van der Waals surface area contributed by atoms with Crippen LogP contribution in [0.25, 0.3) is 6.08 Å². The van der Waals surface area contributed by atoms with Crippen LogP contribution in [0.3, 0.4) is 0 Å². The molecule has 41 heavy (non-hydrogen) atoms. The predicted octanol–water partition coefficient (Wildman–Crippen LogP) is 5.20. The quantitative estimate of drug-likeness (QED) is 0.0929. The smallest absolute Gasteiger partial charge is 0.343 e. The van der Waals surface area contributed by atoms with Crippen LogP contribution in [0, 0.1) is 0 Å². The van der Waals surface area contributed by atoms with E-state index in [9.17, 15) is 27.6 Å². The average molecular weight is 573 g/mol. The molecule has 0 spiro atoms. The normalized spacial score (nSPS) is 11.7. The summed E-state index contributed by atoms with van der Waals surface area (Å²) in [5, 5.41) is 0. The van der Waals surface area contributed by atoms with Crippen molar-refractivity contribution >= 4 is 35.4 Å². The monoisotopic (exact) mass is 572 g/mol. The van der Waals surface area contributed by atoms with Crippen molar-refractivity contribution in [1.82, 2.24) is 0 Å². The van der Waals surface area contributed by atoms with Crippen molar-refractivity contribution in [2.75, 3.05) is 24.7 Å². The molecular weight excluding hydrogens is 545 g/mol. The fraction of sp³-hybridized carbons (Fsp3) is 0.207. The van der Waals surface area contributed by atoms with Gasteiger partial charge in [0, 0.05) is 17.5 Å². The second-order valence-electron chi connectivity index (χ2n) is 8.52. The van der Waals surface area contributed by atoms with Gasteiger partial charge >= 0.3 is 24.3 Å². The Balaban J connectivity index is 1.35. The zero-order valence-electron chi connectivity index (χ0n) is 21.6. The van der Waals surface area contributed by atoms with Crippen LogP contribution in [-0.2, 0) is 14.3 Å². The molecular formula is C29H27F3N2O7. The predicted molar refractivity (Wildman–Crippen MR) is 144 cm³/mol. The van der Waals surface area contributed by atoms with Gasteiger partial charge in [0.05, 0.1) is 24.3 Å². The van der Waals surface area contributed by atoms with Gasteiger partial charge in [0.1, 0.15) is 11.5 Å². The first-order valence-electron chi connectivity index (χ1n) is 12.3. The first kappa shape index (κ1) is 30.5. The SMILES string of the molecule is Nc1cc(N)cc(C(=O)OCCCCOC(=O)C=Cc2ccc(OC(=O)c3ccc(OC(F)C(F)F)cc3)cc2)c1. The Labute approximate surface area is 233 Å². The summed E-state index contributed by atoms with van der Waals surface area (Å²) < 4.78 is 57.3. The second-order valence-corrected chi connectivity index (χ2v) is 8.52. The van der Waals surface area contributed by atoms with Crippen molar-refractivity contribution < 1.29 is 46.5 Å². The lowest BCUT2D eigenvalue weighted by Gasteiger charge is -2.10. The Hall–Kier alpha value is -5.00. The highest BCUT2D eigenvalue weighted by Gasteiger charge is 2.21. The number of nitrogens with two attached hydrogens (primary N) is 2. The lowest BCUT2D eigenvalue weighted by molar-refractivity contribution is -0.137. The number of carbonyl (C=O) groups excluding carboxylic acids is 3. The highest BCUT2D eigenvalue weighted by atomic mass is 19.3. The summed E-state index contributed by atoms with van der Waals surface area (Å²) >= 11 is 0. The van der Waals surface area contributed by atoms with Crippen molar-refractivity contribution in [3.05, 3.63) is 89.5 Å². The minimum absolute atomic E-state index is 0.0984. The van der Waals surface area contributed by atoms with Gasteiger partial charge < -0.3 is 30.4 Å². The topological polar surface area (TPSA) is 140 Å². The van der Waals surface area contributed by atoms with E-state index in [4.69, 9.17) is 25.7 Å². The molecule has 0 fully saturated rings. The van der Waals surface area contributed by atoms with Crippen LogP contribution in [0.5, 0.6) is 11.5 Å². The van der Waals surface area contributed by atoms with Gasteiger partial charge in [0.2, 0.25) is 0 Å². The van der Waals surface area contributed by atoms with Gasteiger partial charge in [-0.2, -0.15) is 4.39 Å². The number of halogens is 3. The molecule has 0 bridgehead atoms. The number of benzene rings is 3. The van der Waals surface area contributed by atoms with Crippen LogP contribution in [0.1, 0.15) is 39.1 Å². The highest BCUT2D eigenvalue weighted by molar-refractivity contribution is 5.92. The fourth-order valence-corrected chi connectivity index (χ4v) is 3.30. The number of anilines is 2. The molecule has 4 N–H and O–H groups in total. The Morgan fingerprint density at radius 2 is 1.32 bits per heavy atom. The molecule has 0 aliphatic rings. The summed E-state index contributed by atoms with van der Waals surface area (Å²) in [6.07, 6.45) is -2.34. The molecule has 0 amide bonds. The third-order valence-electron chi connectivity index (χ3n) is 5.27. The van der Waals surface area contributed by atoms with Gasteiger partial charge in [0.15, 0.2) is 0 Å². The molecule has 0 heterocycles. The van der Waals surface area contributed by atoms with Crippen LogP contribution < -0.4 is 20.9 Å². The molecule has 0 aromatic heterocycles. The zero-order valence-corrected chi connectivity index (χ0v) is 21.6. The second kappa shape index (κ2) is 15.0. The minimum atomic E-state index is -3.29. The third kappa shape index (κ3) is 10.2. The average Bonchev–Trinajstić information content (AvgIpc) is 2.94. The van der Waals surface area contributed by atoms with Gasteiger partial charge in [-0.15, -0.1) is 0 Å². The van der Waals surface area contributed by atoms with Crippen molar-refractivity contribution in [2.45, 2.75) is 25.6 Å². The zero-order chi connectivity index (χ0) is 29.8. The Morgan fingerprint density at radius 3 is 1.93 bits per heavy atom. The number of unbranched alkanes of at least 4 members (excludes halogenated alkanes) is 1. The van der Waals surface area contributed by atoms with Crippen LogP contribution in [0.4, 0.5) is 24.5 Å². The molecule has 1 atom stereocenters. The summed E-state index contributed by atoms with van der Waals surface area (Å²) in [5.74, 6) is -1.77. The lowest BCUT2D eigenvalue weighted by atomic mass is 10.2. The molecule has 3 aromatic carbocycles. The number of nitrogen functional groups attached to an aromatic ring is 2. The van der Waals surface area contributed by atoms with E-state index in [1.54, 1.807) is 12.1 Å². The Bertz CT molecular complexity index is 1340.